The molecule has 1 N–H and O–H groups in total. The van der Waals surface area contributed by atoms with Crippen LogP contribution >= 0.6 is 11.3 Å². The molecular formula is C20H21N3O2S. The molecule has 3 aromatic rings. The number of thiazole rings is 1. The van der Waals surface area contributed by atoms with Crippen molar-refractivity contribution in [2.75, 3.05) is 17.3 Å². The molecular weight excluding hydrogens is 346 g/mol. The second kappa shape index (κ2) is 8.49. The van der Waals surface area contributed by atoms with Gasteiger partial charge in [0, 0.05) is 24.5 Å². The van der Waals surface area contributed by atoms with Crippen LogP contribution < -0.4 is 15.0 Å². The van der Waals surface area contributed by atoms with Gasteiger partial charge in [-0.05, 0) is 29.8 Å². The minimum absolute atomic E-state index is 0.109. The van der Waals surface area contributed by atoms with E-state index in [1.54, 1.807) is 7.11 Å². The van der Waals surface area contributed by atoms with Gasteiger partial charge in [-0.15, -0.1) is 11.3 Å². The lowest BCUT2D eigenvalue weighted by molar-refractivity contribution is -0.114. The van der Waals surface area contributed by atoms with Gasteiger partial charge in [-0.3, -0.25) is 4.79 Å². The first-order chi connectivity index (χ1) is 12.6. The number of carbonyl (C=O) groups excluding carboxylic acids is 1. The molecule has 0 fully saturated rings. The van der Waals surface area contributed by atoms with E-state index in [1.807, 2.05) is 47.8 Å². The number of carbonyl (C=O) groups is 1. The molecule has 0 unspecified atom stereocenters. The summed E-state index contributed by atoms with van der Waals surface area (Å²) in [6.45, 7) is 2.90. The van der Waals surface area contributed by atoms with Crippen LogP contribution in [-0.2, 0) is 17.9 Å². The lowest BCUT2D eigenvalue weighted by atomic mass is 10.2. The number of nitrogens with zero attached hydrogens (tertiary/aromatic N) is 2. The molecule has 1 amide bonds. The van der Waals surface area contributed by atoms with Gasteiger partial charge < -0.3 is 15.0 Å². The molecule has 1 aromatic heterocycles. The Balaban J connectivity index is 1.81. The first kappa shape index (κ1) is 17.9. The summed E-state index contributed by atoms with van der Waals surface area (Å²) in [5.74, 6) is 0.720. The number of methoxy groups -OCH3 is 1. The van der Waals surface area contributed by atoms with Gasteiger partial charge in [0.2, 0.25) is 5.91 Å². The molecule has 134 valence electrons. The van der Waals surface area contributed by atoms with Crippen LogP contribution in [0.15, 0.2) is 60.0 Å². The average molecular weight is 367 g/mol. The molecule has 0 saturated carbocycles. The number of ether oxygens (including phenoxy) is 1. The number of hydrogen-bond acceptors (Lipinski definition) is 5. The Hall–Kier alpha value is -2.86. The minimum Gasteiger partial charge on any atom is -0.497 e. The summed E-state index contributed by atoms with van der Waals surface area (Å²) in [7, 11) is 1.66. The second-order valence-corrected chi connectivity index (χ2v) is 6.72. The predicted octanol–water partition coefficient (Wildman–Crippen LogP) is 4.32. The van der Waals surface area contributed by atoms with Gasteiger partial charge in [0.05, 0.1) is 19.3 Å². The van der Waals surface area contributed by atoms with Crippen LogP contribution in [0.3, 0.4) is 0 Å². The summed E-state index contributed by atoms with van der Waals surface area (Å²) in [6, 6.07) is 18.3. The molecule has 0 aliphatic heterocycles. The monoisotopic (exact) mass is 367 g/mol. The number of benzene rings is 2. The number of aromatic nitrogens is 1. The van der Waals surface area contributed by atoms with E-state index in [4.69, 9.17) is 4.74 Å². The largest absolute Gasteiger partial charge is 0.497 e. The molecule has 3 rings (SSSR count). The van der Waals surface area contributed by atoms with E-state index in [0.29, 0.717) is 11.7 Å². The van der Waals surface area contributed by atoms with Crippen LogP contribution in [0.25, 0.3) is 0 Å². The van der Waals surface area contributed by atoms with Gasteiger partial charge in [0.15, 0.2) is 5.13 Å². The van der Waals surface area contributed by atoms with Gasteiger partial charge in [0.1, 0.15) is 5.75 Å². The first-order valence-corrected chi connectivity index (χ1v) is 9.17. The van der Waals surface area contributed by atoms with Crippen LogP contribution in [-0.4, -0.2) is 18.0 Å². The molecule has 5 nitrogen and oxygen atoms in total. The van der Waals surface area contributed by atoms with E-state index in [9.17, 15) is 4.79 Å². The SMILES string of the molecule is COc1ccc(N(Cc2ccccc2)Cc2csc(NC(C)=O)n2)cc1. The predicted molar refractivity (Wildman–Crippen MR) is 106 cm³/mol. The maximum absolute atomic E-state index is 11.2. The highest BCUT2D eigenvalue weighted by molar-refractivity contribution is 7.13. The van der Waals surface area contributed by atoms with Gasteiger partial charge in [0.25, 0.3) is 0 Å². The Bertz CT molecular complexity index is 847. The standard InChI is InChI=1S/C20H21N3O2S/c1-15(24)21-20-22-17(14-26-20)13-23(12-16-6-4-3-5-7-16)18-8-10-19(25-2)11-9-18/h3-11,14H,12-13H2,1-2H3,(H,21,22,24). The Kier molecular flexibility index (Phi) is 5.86. The van der Waals surface area contributed by atoms with Crippen molar-refractivity contribution in [2.45, 2.75) is 20.0 Å². The highest BCUT2D eigenvalue weighted by Gasteiger charge is 2.12. The maximum atomic E-state index is 11.2. The van der Waals surface area contributed by atoms with Crippen molar-refractivity contribution >= 4 is 28.1 Å². The maximum Gasteiger partial charge on any atom is 0.223 e. The molecule has 0 saturated heterocycles. The van der Waals surface area contributed by atoms with Crippen LogP contribution in [0.5, 0.6) is 5.75 Å². The van der Waals surface area contributed by atoms with Crippen LogP contribution in [0, 0.1) is 0 Å². The summed E-state index contributed by atoms with van der Waals surface area (Å²) in [4.78, 5) is 18.0. The fraction of sp³-hybridized carbons (Fsp3) is 0.200. The zero-order chi connectivity index (χ0) is 18.4. The summed E-state index contributed by atoms with van der Waals surface area (Å²) in [5, 5.41) is 5.34. The lowest BCUT2D eigenvalue weighted by Gasteiger charge is -2.24. The zero-order valence-corrected chi connectivity index (χ0v) is 15.6. The molecule has 0 aliphatic rings. The van der Waals surface area contributed by atoms with Crippen LogP contribution in [0.1, 0.15) is 18.2 Å². The van der Waals surface area contributed by atoms with E-state index in [0.717, 1.165) is 23.7 Å². The topological polar surface area (TPSA) is 54.5 Å². The number of nitrogens with one attached hydrogen (secondary N) is 1. The zero-order valence-electron chi connectivity index (χ0n) is 14.8. The summed E-state index contributed by atoms with van der Waals surface area (Å²) < 4.78 is 5.26. The minimum atomic E-state index is -0.109. The van der Waals surface area contributed by atoms with Gasteiger partial charge in [-0.2, -0.15) is 0 Å². The summed E-state index contributed by atoms with van der Waals surface area (Å²) in [6.07, 6.45) is 0. The van der Waals surface area contributed by atoms with E-state index < -0.39 is 0 Å². The molecule has 0 spiro atoms. The highest BCUT2D eigenvalue weighted by atomic mass is 32.1. The number of rotatable bonds is 7. The summed E-state index contributed by atoms with van der Waals surface area (Å²) >= 11 is 1.44. The Labute approximate surface area is 157 Å². The average Bonchev–Trinajstić information content (AvgIpc) is 3.08. The first-order valence-electron chi connectivity index (χ1n) is 8.29. The molecule has 26 heavy (non-hydrogen) atoms. The van der Waals surface area contributed by atoms with E-state index in [-0.39, 0.29) is 5.91 Å². The molecule has 0 aliphatic carbocycles. The molecule has 1 heterocycles. The quantitative estimate of drug-likeness (QED) is 0.676. The van der Waals surface area contributed by atoms with Crippen molar-refractivity contribution in [1.29, 1.82) is 0 Å². The van der Waals surface area contributed by atoms with Crippen molar-refractivity contribution < 1.29 is 9.53 Å². The summed E-state index contributed by atoms with van der Waals surface area (Å²) in [5.41, 5.74) is 3.23. The molecule has 0 atom stereocenters. The number of hydrogen-bond donors (Lipinski definition) is 1. The molecule has 0 bridgehead atoms. The third-order valence-corrected chi connectivity index (χ3v) is 4.65. The van der Waals surface area contributed by atoms with Crippen molar-refractivity contribution in [3.8, 4) is 5.75 Å². The normalized spacial score (nSPS) is 10.4. The Morgan fingerprint density at radius 1 is 1.12 bits per heavy atom. The van der Waals surface area contributed by atoms with Crippen molar-refractivity contribution in [1.82, 2.24) is 4.98 Å². The van der Waals surface area contributed by atoms with Crippen molar-refractivity contribution in [2.24, 2.45) is 0 Å². The third kappa shape index (κ3) is 4.83. The number of amides is 1. The van der Waals surface area contributed by atoms with E-state index >= 15 is 0 Å². The third-order valence-electron chi connectivity index (χ3n) is 3.84. The van der Waals surface area contributed by atoms with E-state index in [2.05, 4.69) is 27.3 Å². The fourth-order valence-corrected chi connectivity index (χ4v) is 3.37. The Morgan fingerprint density at radius 3 is 2.50 bits per heavy atom. The van der Waals surface area contributed by atoms with Crippen molar-refractivity contribution in [3.05, 3.63) is 71.2 Å². The van der Waals surface area contributed by atoms with Gasteiger partial charge in [-0.1, -0.05) is 30.3 Å². The molecule has 0 radical (unpaired) electrons. The van der Waals surface area contributed by atoms with E-state index in [1.165, 1.54) is 23.8 Å². The van der Waals surface area contributed by atoms with Gasteiger partial charge >= 0.3 is 0 Å². The van der Waals surface area contributed by atoms with Crippen molar-refractivity contribution in [3.63, 3.8) is 0 Å². The second-order valence-electron chi connectivity index (χ2n) is 5.86. The van der Waals surface area contributed by atoms with Crippen LogP contribution in [0.4, 0.5) is 10.8 Å². The fourth-order valence-electron chi connectivity index (χ4n) is 2.62. The molecule has 2 aromatic carbocycles. The lowest BCUT2D eigenvalue weighted by Crippen LogP contribution is -2.22. The smallest absolute Gasteiger partial charge is 0.223 e. The highest BCUT2D eigenvalue weighted by Crippen LogP contribution is 2.24. The molecule has 6 heteroatoms. The number of anilines is 2. The van der Waals surface area contributed by atoms with Gasteiger partial charge in [-0.25, -0.2) is 4.98 Å². The van der Waals surface area contributed by atoms with Crippen LogP contribution in [0.2, 0.25) is 0 Å². The Morgan fingerprint density at radius 2 is 1.85 bits per heavy atom.